The number of imide groups is 1. The van der Waals surface area contributed by atoms with Crippen LogP contribution in [0.25, 0.3) is 0 Å². The Hall–Kier alpha value is -2.67. The molecular weight excluding hydrogens is 338 g/mol. The first-order valence-corrected chi connectivity index (χ1v) is 9.00. The second-order valence-corrected chi connectivity index (χ2v) is 7.27. The van der Waals surface area contributed by atoms with Gasteiger partial charge in [0.25, 0.3) is 5.91 Å². The number of hydrogen-bond acceptors (Lipinski definition) is 4. The van der Waals surface area contributed by atoms with E-state index in [1.807, 2.05) is 41.8 Å². The van der Waals surface area contributed by atoms with Crippen LogP contribution in [-0.2, 0) is 28.1 Å². The minimum atomic E-state index is -1.01. The summed E-state index contributed by atoms with van der Waals surface area (Å²) in [5.41, 5.74) is 0.900. The number of amides is 4. The molecule has 1 aliphatic carbocycles. The van der Waals surface area contributed by atoms with Gasteiger partial charge in [-0.15, -0.1) is 11.3 Å². The predicted octanol–water partition coefficient (Wildman–Crippen LogP) is 1.76. The third-order valence-electron chi connectivity index (χ3n) is 4.76. The van der Waals surface area contributed by atoms with Crippen molar-refractivity contribution in [3.05, 3.63) is 57.8 Å². The highest BCUT2D eigenvalue weighted by molar-refractivity contribution is 7.09. The average Bonchev–Trinajstić information content (AvgIpc) is 3.31. The Kier molecular flexibility index (Phi) is 3.80. The van der Waals surface area contributed by atoms with Gasteiger partial charge in [0, 0.05) is 4.88 Å². The third-order valence-corrected chi connectivity index (χ3v) is 5.64. The van der Waals surface area contributed by atoms with E-state index >= 15 is 0 Å². The molecule has 128 valence electrons. The molecule has 0 radical (unpaired) electrons. The smallest absolute Gasteiger partial charge is 0.325 e. The molecule has 1 aromatic heterocycles. The summed E-state index contributed by atoms with van der Waals surface area (Å²) in [5.74, 6) is -0.686. The number of rotatable bonds is 4. The molecular formula is C18H17N3O3S. The summed E-state index contributed by atoms with van der Waals surface area (Å²) in [7, 11) is 0. The van der Waals surface area contributed by atoms with Gasteiger partial charge in [-0.3, -0.25) is 14.5 Å². The molecule has 1 aromatic carbocycles. The summed E-state index contributed by atoms with van der Waals surface area (Å²) in [4.78, 5) is 39.5. The first-order chi connectivity index (χ1) is 12.1. The van der Waals surface area contributed by atoms with Gasteiger partial charge in [0.2, 0.25) is 5.91 Å². The SMILES string of the molecule is O=C(CN1C(=O)N[C@]2(CCc3ccccc32)C1=O)NCc1cccs1. The number of carbonyl (C=O) groups excluding carboxylic acids is 3. The zero-order chi connectivity index (χ0) is 17.4. The van der Waals surface area contributed by atoms with E-state index < -0.39 is 11.6 Å². The maximum absolute atomic E-state index is 12.9. The fourth-order valence-electron chi connectivity index (χ4n) is 3.53. The number of nitrogens with zero attached hydrogens (tertiary/aromatic N) is 1. The maximum Gasteiger partial charge on any atom is 0.325 e. The molecule has 1 aliphatic heterocycles. The molecule has 7 heteroatoms. The van der Waals surface area contributed by atoms with Gasteiger partial charge in [0.15, 0.2) is 0 Å². The lowest BCUT2D eigenvalue weighted by molar-refractivity contribution is -0.135. The average molecular weight is 355 g/mol. The van der Waals surface area contributed by atoms with Gasteiger partial charge in [-0.05, 0) is 35.4 Å². The Labute approximate surface area is 148 Å². The van der Waals surface area contributed by atoms with E-state index in [0.29, 0.717) is 13.0 Å². The quantitative estimate of drug-likeness (QED) is 0.821. The van der Waals surface area contributed by atoms with Gasteiger partial charge >= 0.3 is 6.03 Å². The number of nitrogens with one attached hydrogen (secondary N) is 2. The van der Waals surface area contributed by atoms with Gasteiger partial charge in [-0.1, -0.05) is 30.3 Å². The summed E-state index contributed by atoms with van der Waals surface area (Å²) in [6.07, 6.45) is 1.27. The lowest BCUT2D eigenvalue weighted by atomic mass is 9.92. The highest BCUT2D eigenvalue weighted by Gasteiger charge is 2.55. The van der Waals surface area contributed by atoms with Crippen LogP contribution < -0.4 is 10.6 Å². The number of thiophene rings is 1. The zero-order valence-corrected chi connectivity index (χ0v) is 14.3. The van der Waals surface area contributed by atoms with Crippen LogP contribution in [0.4, 0.5) is 4.79 Å². The predicted molar refractivity (Wildman–Crippen MR) is 92.9 cm³/mol. The van der Waals surface area contributed by atoms with Crippen LogP contribution in [0.3, 0.4) is 0 Å². The molecule has 2 aromatic rings. The van der Waals surface area contributed by atoms with Crippen LogP contribution in [0.5, 0.6) is 0 Å². The number of hydrogen-bond donors (Lipinski definition) is 2. The fourth-order valence-corrected chi connectivity index (χ4v) is 4.18. The Balaban J connectivity index is 1.48. The number of carbonyl (C=O) groups is 3. The van der Waals surface area contributed by atoms with Gasteiger partial charge in [-0.2, -0.15) is 0 Å². The lowest BCUT2D eigenvalue weighted by Gasteiger charge is -2.22. The number of urea groups is 1. The van der Waals surface area contributed by atoms with Crippen LogP contribution in [-0.4, -0.2) is 29.3 Å². The van der Waals surface area contributed by atoms with Crippen molar-refractivity contribution in [2.24, 2.45) is 0 Å². The summed E-state index contributed by atoms with van der Waals surface area (Å²) in [5, 5.41) is 7.50. The Bertz CT molecular complexity index is 849. The molecule has 4 rings (SSSR count). The number of benzene rings is 1. The van der Waals surface area contributed by atoms with Crippen LogP contribution in [0.2, 0.25) is 0 Å². The van der Waals surface area contributed by atoms with E-state index in [1.165, 1.54) is 0 Å². The minimum absolute atomic E-state index is 0.264. The minimum Gasteiger partial charge on any atom is -0.350 e. The van der Waals surface area contributed by atoms with E-state index in [0.717, 1.165) is 27.3 Å². The standard InChI is InChI=1S/C18H17N3O3S/c22-15(19-10-13-5-3-9-25-13)11-21-16(23)18(20-17(21)24)8-7-12-4-1-2-6-14(12)18/h1-6,9H,7-8,10-11H2,(H,19,22)(H,20,24)/t18-/m0/s1. The molecule has 0 saturated carbocycles. The molecule has 4 amide bonds. The molecule has 2 N–H and O–H groups in total. The van der Waals surface area contributed by atoms with Crippen molar-refractivity contribution in [2.45, 2.75) is 24.9 Å². The molecule has 1 saturated heterocycles. The van der Waals surface area contributed by atoms with Gasteiger partial charge in [-0.25, -0.2) is 4.79 Å². The lowest BCUT2D eigenvalue weighted by Crippen LogP contribution is -2.43. The topological polar surface area (TPSA) is 78.5 Å². The summed E-state index contributed by atoms with van der Waals surface area (Å²) in [6, 6.07) is 11.0. The maximum atomic E-state index is 12.9. The molecule has 1 fully saturated rings. The first kappa shape index (κ1) is 15.8. The van der Waals surface area contributed by atoms with Crippen molar-refractivity contribution in [2.75, 3.05) is 6.54 Å². The zero-order valence-electron chi connectivity index (χ0n) is 13.5. The Morgan fingerprint density at radius 3 is 2.88 bits per heavy atom. The van der Waals surface area contributed by atoms with E-state index in [2.05, 4.69) is 10.6 Å². The van der Waals surface area contributed by atoms with E-state index in [-0.39, 0.29) is 18.4 Å². The number of fused-ring (bicyclic) bond motifs is 2. The second kappa shape index (κ2) is 6.00. The van der Waals surface area contributed by atoms with Crippen molar-refractivity contribution in [1.82, 2.24) is 15.5 Å². The van der Waals surface area contributed by atoms with Crippen LogP contribution >= 0.6 is 11.3 Å². The molecule has 2 heterocycles. The first-order valence-electron chi connectivity index (χ1n) is 8.12. The molecule has 0 bridgehead atoms. The van der Waals surface area contributed by atoms with Crippen molar-refractivity contribution < 1.29 is 14.4 Å². The largest absolute Gasteiger partial charge is 0.350 e. The fraction of sp³-hybridized carbons (Fsp3) is 0.278. The van der Waals surface area contributed by atoms with Crippen molar-refractivity contribution in [3.63, 3.8) is 0 Å². The van der Waals surface area contributed by atoms with E-state index in [9.17, 15) is 14.4 Å². The molecule has 0 unspecified atom stereocenters. The van der Waals surface area contributed by atoms with Gasteiger partial charge in [0.1, 0.15) is 12.1 Å². The number of aryl methyl sites for hydroxylation is 1. The molecule has 1 atom stereocenters. The molecule has 25 heavy (non-hydrogen) atoms. The van der Waals surface area contributed by atoms with E-state index in [4.69, 9.17) is 0 Å². The highest BCUT2D eigenvalue weighted by Crippen LogP contribution is 2.41. The summed E-state index contributed by atoms with van der Waals surface area (Å²) >= 11 is 1.54. The molecule has 2 aliphatic rings. The second-order valence-electron chi connectivity index (χ2n) is 6.24. The van der Waals surface area contributed by atoms with Crippen molar-refractivity contribution in [3.8, 4) is 0 Å². The molecule has 6 nitrogen and oxygen atoms in total. The van der Waals surface area contributed by atoms with Crippen molar-refractivity contribution in [1.29, 1.82) is 0 Å². The third kappa shape index (κ3) is 2.60. The highest BCUT2D eigenvalue weighted by atomic mass is 32.1. The van der Waals surface area contributed by atoms with Crippen LogP contribution in [0.1, 0.15) is 22.4 Å². The normalized spacial score (nSPS) is 21.5. The Morgan fingerprint density at radius 1 is 1.24 bits per heavy atom. The summed E-state index contributed by atoms with van der Waals surface area (Å²) in [6.45, 7) is 0.133. The van der Waals surface area contributed by atoms with E-state index in [1.54, 1.807) is 11.3 Å². The molecule has 1 spiro atoms. The van der Waals surface area contributed by atoms with Gasteiger partial charge < -0.3 is 10.6 Å². The van der Waals surface area contributed by atoms with Gasteiger partial charge in [0.05, 0.1) is 6.54 Å². The Morgan fingerprint density at radius 2 is 2.08 bits per heavy atom. The van der Waals surface area contributed by atoms with Crippen molar-refractivity contribution >= 4 is 29.2 Å². The van der Waals surface area contributed by atoms with Crippen LogP contribution in [0, 0.1) is 0 Å². The van der Waals surface area contributed by atoms with Crippen LogP contribution in [0.15, 0.2) is 41.8 Å². The summed E-state index contributed by atoms with van der Waals surface area (Å²) < 4.78 is 0. The monoisotopic (exact) mass is 355 g/mol.